The van der Waals surface area contributed by atoms with Crippen molar-refractivity contribution >= 4 is 11.4 Å². The van der Waals surface area contributed by atoms with Crippen molar-refractivity contribution in [2.24, 2.45) is 0 Å². The molecule has 2 N–H and O–H groups in total. The number of benzene rings is 1. The molecule has 0 aromatic heterocycles. The Morgan fingerprint density at radius 3 is 2.74 bits per heavy atom. The van der Waals surface area contributed by atoms with Crippen molar-refractivity contribution in [2.45, 2.75) is 58.3 Å². The molecule has 1 aliphatic heterocycles. The van der Waals surface area contributed by atoms with Crippen LogP contribution in [0.5, 0.6) is 0 Å². The van der Waals surface area contributed by atoms with Gasteiger partial charge in [0.05, 0.1) is 0 Å². The lowest BCUT2D eigenvalue weighted by molar-refractivity contribution is 0.588. The van der Waals surface area contributed by atoms with Gasteiger partial charge in [0.15, 0.2) is 0 Å². The summed E-state index contributed by atoms with van der Waals surface area (Å²) in [5, 5.41) is 0. The smallest absolute Gasteiger partial charge is 0.0419 e. The summed E-state index contributed by atoms with van der Waals surface area (Å²) in [6.07, 6.45) is 10.7. The lowest BCUT2D eigenvalue weighted by Crippen LogP contribution is -2.30. The molecule has 0 radical (unpaired) electrons. The minimum Gasteiger partial charge on any atom is -0.399 e. The first-order chi connectivity index (χ1) is 9.31. The van der Waals surface area contributed by atoms with Gasteiger partial charge in [-0.1, -0.05) is 45.1 Å². The fraction of sp³-hybridized carbons (Fsp3) is 0.647. The SMILES string of the molecule is CCCCCCCCN1CCCc2ccc(N)cc21. The molecule has 1 aromatic carbocycles. The quantitative estimate of drug-likeness (QED) is 0.582. The van der Waals surface area contributed by atoms with E-state index in [0.29, 0.717) is 0 Å². The van der Waals surface area contributed by atoms with E-state index in [1.165, 1.54) is 75.7 Å². The van der Waals surface area contributed by atoms with Gasteiger partial charge in [-0.05, 0) is 37.0 Å². The van der Waals surface area contributed by atoms with Gasteiger partial charge in [-0.25, -0.2) is 0 Å². The molecule has 19 heavy (non-hydrogen) atoms. The second-order valence-corrected chi connectivity index (χ2v) is 5.75. The molecular weight excluding hydrogens is 232 g/mol. The Hall–Kier alpha value is -1.18. The van der Waals surface area contributed by atoms with Crippen LogP contribution in [0, 0.1) is 0 Å². The third kappa shape index (κ3) is 4.15. The van der Waals surface area contributed by atoms with E-state index in [9.17, 15) is 0 Å². The van der Waals surface area contributed by atoms with Gasteiger partial charge >= 0.3 is 0 Å². The first-order valence-corrected chi connectivity index (χ1v) is 7.94. The highest BCUT2D eigenvalue weighted by atomic mass is 15.1. The van der Waals surface area contributed by atoms with Crippen LogP contribution in [0.4, 0.5) is 11.4 Å². The highest BCUT2D eigenvalue weighted by Gasteiger charge is 2.16. The van der Waals surface area contributed by atoms with Gasteiger partial charge in [-0.3, -0.25) is 0 Å². The van der Waals surface area contributed by atoms with Crippen LogP contribution in [-0.2, 0) is 6.42 Å². The van der Waals surface area contributed by atoms with Crippen LogP contribution in [0.3, 0.4) is 0 Å². The Bertz CT molecular complexity index is 387. The lowest BCUT2D eigenvalue weighted by Gasteiger charge is -2.31. The number of rotatable bonds is 7. The summed E-state index contributed by atoms with van der Waals surface area (Å²) in [7, 11) is 0. The molecule has 2 rings (SSSR count). The third-order valence-corrected chi connectivity index (χ3v) is 4.11. The molecule has 2 nitrogen and oxygen atoms in total. The van der Waals surface area contributed by atoms with Crippen LogP contribution in [0.15, 0.2) is 18.2 Å². The third-order valence-electron chi connectivity index (χ3n) is 4.11. The number of fused-ring (bicyclic) bond motifs is 1. The lowest BCUT2D eigenvalue weighted by atomic mass is 10.0. The number of nitrogens with two attached hydrogens (primary N) is 1. The first-order valence-electron chi connectivity index (χ1n) is 7.94. The highest BCUT2D eigenvalue weighted by molar-refractivity contribution is 5.62. The van der Waals surface area contributed by atoms with E-state index in [2.05, 4.69) is 24.0 Å². The highest BCUT2D eigenvalue weighted by Crippen LogP contribution is 2.29. The first kappa shape index (κ1) is 14.2. The van der Waals surface area contributed by atoms with E-state index < -0.39 is 0 Å². The Labute approximate surface area is 118 Å². The molecule has 0 aliphatic carbocycles. The summed E-state index contributed by atoms with van der Waals surface area (Å²) >= 11 is 0. The molecule has 0 spiro atoms. The van der Waals surface area contributed by atoms with Crippen LogP contribution in [0.2, 0.25) is 0 Å². The van der Waals surface area contributed by atoms with E-state index in [4.69, 9.17) is 5.73 Å². The average molecular weight is 260 g/mol. The maximum Gasteiger partial charge on any atom is 0.0419 e. The van der Waals surface area contributed by atoms with E-state index in [0.717, 1.165) is 5.69 Å². The van der Waals surface area contributed by atoms with Gasteiger partial charge in [0, 0.05) is 24.5 Å². The summed E-state index contributed by atoms with van der Waals surface area (Å²) in [5.41, 5.74) is 9.69. The van der Waals surface area contributed by atoms with Crippen molar-refractivity contribution in [3.05, 3.63) is 23.8 Å². The van der Waals surface area contributed by atoms with E-state index in [1.54, 1.807) is 0 Å². The molecule has 0 atom stereocenters. The molecule has 0 saturated carbocycles. The van der Waals surface area contributed by atoms with Gasteiger partial charge in [0.2, 0.25) is 0 Å². The fourth-order valence-electron chi connectivity index (χ4n) is 2.98. The predicted molar refractivity (Wildman–Crippen MR) is 84.8 cm³/mol. The fourth-order valence-corrected chi connectivity index (χ4v) is 2.98. The minimum atomic E-state index is 0.897. The number of hydrogen-bond acceptors (Lipinski definition) is 2. The van der Waals surface area contributed by atoms with E-state index in [1.807, 2.05) is 6.07 Å². The van der Waals surface area contributed by atoms with Crippen molar-refractivity contribution in [1.82, 2.24) is 0 Å². The number of unbranched alkanes of at least 4 members (excludes halogenated alkanes) is 5. The minimum absolute atomic E-state index is 0.897. The zero-order valence-electron chi connectivity index (χ0n) is 12.3. The van der Waals surface area contributed by atoms with Crippen molar-refractivity contribution in [1.29, 1.82) is 0 Å². The standard InChI is InChI=1S/C17H28N2/c1-2-3-4-5-6-7-12-19-13-8-9-15-10-11-16(18)14-17(15)19/h10-11,14H,2-9,12-13,18H2,1H3. The predicted octanol–water partition coefficient (Wildman–Crippen LogP) is 4.38. The molecule has 106 valence electrons. The molecule has 1 aromatic rings. The molecule has 0 bridgehead atoms. The van der Waals surface area contributed by atoms with Crippen molar-refractivity contribution in [2.75, 3.05) is 23.7 Å². The summed E-state index contributed by atoms with van der Waals surface area (Å²) in [4.78, 5) is 2.54. The summed E-state index contributed by atoms with van der Waals surface area (Å²) in [6.45, 7) is 4.67. The molecular formula is C17H28N2. The maximum atomic E-state index is 5.93. The second-order valence-electron chi connectivity index (χ2n) is 5.75. The van der Waals surface area contributed by atoms with Crippen LogP contribution in [0.25, 0.3) is 0 Å². The molecule has 0 saturated heterocycles. The van der Waals surface area contributed by atoms with Crippen LogP contribution in [-0.4, -0.2) is 13.1 Å². The van der Waals surface area contributed by atoms with Gasteiger partial charge in [0.25, 0.3) is 0 Å². The van der Waals surface area contributed by atoms with Crippen molar-refractivity contribution < 1.29 is 0 Å². The average Bonchev–Trinajstić information content (AvgIpc) is 2.43. The number of aryl methyl sites for hydroxylation is 1. The molecule has 1 heterocycles. The number of anilines is 2. The second kappa shape index (κ2) is 7.42. The van der Waals surface area contributed by atoms with Crippen LogP contribution < -0.4 is 10.6 Å². The zero-order chi connectivity index (χ0) is 13.5. The topological polar surface area (TPSA) is 29.3 Å². The van der Waals surface area contributed by atoms with Crippen molar-refractivity contribution in [3.8, 4) is 0 Å². The van der Waals surface area contributed by atoms with Crippen molar-refractivity contribution in [3.63, 3.8) is 0 Å². The van der Waals surface area contributed by atoms with Gasteiger partial charge in [0.1, 0.15) is 0 Å². The number of hydrogen-bond donors (Lipinski definition) is 1. The zero-order valence-corrected chi connectivity index (χ0v) is 12.3. The van der Waals surface area contributed by atoms with E-state index in [-0.39, 0.29) is 0 Å². The normalized spacial score (nSPS) is 14.5. The Kier molecular flexibility index (Phi) is 5.56. The Balaban J connectivity index is 1.80. The number of nitrogens with zero attached hydrogens (tertiary/aromatic N) is 1. The molecule has 2 heteroatoms. The molecule has 0 unspecified atom stereocenters. The van der Waals surface area contributed by atoms with Gasteiger partial charge in [-0.15, -0.1) is 0 Å². The van der Waals surface area contributed by atoms with E-state index >= 15 is 0 Å². The summed E-state index contributed by atoms with van der Waals surface area (Å²) in [5.74, 6) is 0. The largest absolute Gasteiger partial charge is 0.399 e. The van der Waals surface area contributed by atoms with Crippen LogP contribution in [0.1, 0.15) is 57.4 Å². The monoisotopic (exact) mass is 260 g/mol. The molecule has 0 amide bonds. The number of nitrogen functional groups attached to an aromatic ring is 1. The summed E-state index contributed by atoms with van der Waals surface area (Å²) < 4.78 is 0. The van der Waals surface area contributed by atoms with Gasteiger partial charge < -0.3 is 10.6 Å². The maximum absolute atomic E-state index is 5.93. The Morgan fingerprint density at radius 2 is 1.89 bits per heavy atom. The summed E-state index contributed by atoms with van der Waals surface area (Å²) in [6, 6.07) is 6.40. The molecule has 1 aliphatic rings. The van der Waals surface area contributed by atoms with Gasteiger partial charge in [-0.2, -0.15) is 0 Å². The Morgan fingerprint density at radius 1 is 1.11 bits per heavy atom. The van der Waals surface area contributed by atoms with Crippen LogP contribution >= 0.6 is 0 Å². The molecule has 0 fully saturated rings.